The molecule has 1 amide bonds. The van der Waals surface area contributed by atoms with Gasteiger partial charge in [0.1, 0.15) is 5.69 Å². The van der Waals surface area contributed by atoms with Crippen LogP contribution in [-0.4, -0.2) is 39.1 Å². The highest BCUT2D eigenvalue weighted by Gasteiger charge is 2.37. The molecule has 3 N–H and O–H groups in total. The second-order valence-electron chi connectivity index (χ2n) is 6.49. The largest absolute Gasteiger partial charge is 0.417 e. The first kappa shape index (κ1) is 20.8. The summed E-state index contributed by atoms with van der Waals surface area (Å²) in [5, 5.41) is 7.68. The Balaban J connectivity index is 1.91. The number of amides is 1. The molecule has 152 valence electrons. The van der Waals surface area contributed by atoms with Crippen LogP contribution in [0.4, 0.5) is 13.2 Å². The number of nitrogens with two attached hydrogens (primary N) is 1. The summed E-state index contributed by atoms with van der Waals surface area (Å²) in [6.07, 6.45) is -0.0323. The minimum atomic E-state index is -4.67. The van der Waals surface area contributed by atoms with Crippen LogP contribution in [0, 0.1) is 5.41 Å². The lowest BCUT2D eigenvalue weighted by molar-refractivity contribution is -0.137. The fourth-order valence-corrected chi connectivity index (χ4v) is 3.50. The summed E-state index contributed by atoms with van der Waals surface area (Å²) in [7, 11) is 0. The second kappa shape index (κ2) is 7.82. The molecule has 29 heavy (non-hydrogen) atoms. The molecular formula is C19H17ClF3N5O. The zero-order chi connectivity index (χ0) is 21.3. The van der Waals surface area contributed by atoms with E-state index in [1.807, 2.05) is 0 Å². The van der Waals surface area contributed by atoms with E-state index in [2.05, 4.69) is 9.97 Å². The second-order valence-corrected chi connectivity index (χ2v) is 6.87. The molecule has 1 aliphatic rings. The van der Waals surface area contributed by atoms with Gasteiger partial charge in [0.2, 0.25) is 0 Å². The average molecular weight is 424 g/mol. The van der Waals surface area contributed by atoms with Crippen LogP contribution in [0.1, 0.15) is 35.0 Å². The maximum Gasteiger partial charge on any atom is 0.417 e. The molecule has 0 radical (unpaired) electrons. The van der Waals surface area contributed by atoms with Crippen LogP contribution in [0.5, 0.6) is 0 Å². The van der Waals surface area contributed by atoms with E-state index in [1.165, 1.54) is 29.6 Å². The van der Waals surface area contributed by atoms with E-state index in [-0.39, 0.29) is 29.9 Å². The molecule has 1 aliphatic heterocycles. The van der Waals surface area contributed by atoms with E-state index in [0.29, 0.717) is 11.3 Å². The number of benzene rings is 1. The lowest BCUT2D eigenvalue weighted by Crippen LogP contribution is -2.46. The van der Waals surface area contributed by atoms with E-state index in [9.17, 15) is 18.0 Å². The predicted octanol–water partition coefficient (Wildman–Crippen LogP) is 3.66. The average Bonchev–Trinajstić information content (AvgIpc) is 2.69. The van der Waals surface area contributed by atoms with Crippen LogP contribution in [0.2, 0.25) is 5.02 Å². The van der Waals surface area contributed by atoms with Crippen molar-refractivity contribution in [1.82, 2.24) is 14.9 Å². The first-order valence-electron chi connectivity index (χ1n) is 8.63. The van der Waals surface area contributed by atoms with Crippen LogP contribution < -0.4 is 5.73 Å². The SMILES string of the molecule is CC1C(N)=C(C(=N)c2cnccn2)CCN1C(=O)c1cccc(C(F)(F)F)c1Cl. The van der Waals surface area contributed by atoms with Gasteiger partial charge in [-0.15, -0.1) is 0 Å². The van der Waals surface area contributed by atoms with Gasteiger partial charge in [0.25, 0.3) is 5.91 Å². The maximum absolute atomic E-state index is 13.1. The van der Waals surface area contributed by atoms with E-state index >= 15 is 0 Å². The van der Waals surface area contributed by atoms with Gasteiger partial charge in [-0.05, 0) is 25.5 Å². The molecule has 0 fully saturated rings. The topological polar surface area (TPSA) is 96.0 Å². The summed E-state index contributed by atoms with van der Waals surface area (Å²) in [4.78, 5) is 22.3. The fraction of sp³-hybridized carbons (Fsp3) is 0.263. The monoisotopic (exact) mass is 423 g/mol. The fourth-order valence-electron chi connectivity index (χ4n) is 3.19. The van der Waals surface area contributed by atoms with Crippen LogP contribution in [0.25, 0.3) is 0 Å². The highest BCUT2D eigenvalue weighted by atomic mass is 35.5. The Morgan fingerprint density at radius 3 is 2.69 bits per heavy atom. The predicted molar refractivity (Wildman–Crippen MR) is 102 cm³/mol. The van der Waals surface area contributed by atoms with Gasteiger partial charge in [0.15, 0.2) is 0 Å². The van der Waals surface area contributed by atoms with Crippen LogP contribution in [-0.2, 0) is 6.18 Å². The molecule has 1 aromatic heterocycles. The molecule has 1 unspecified atom stereocenters. The number of carbonyl (C=O) groups excluding carboxylic acids is 1. The number of halogens is 4. The Morgan fingerprint density at radius 2 is 2.07 bits per heavy atom. The minimum Gasteiger partial charge on any atom is -0.400 e. The standard InChI is InChI=1S/C19H17ClF3N5O/c1-10-16(24)12(17(25)14-9-26-6-7-27-14)5-8-28(10)18(29)11-3-2-4-13(15(11)20)19(21,22)23/h2-4,6-7,9-10,25H,5,8,24H2,1H3. The smallest absolute Gasteiger partial charge is 0.400 e. The molecule has 1 atom stereocenters. The summed E-state index contributed by atoms with van der Waals surface area (Å²) in [6.45, 7) is 1.82. The molecule has 3 rings (SSSR count). The van der Waals surface area contributed by atoms with E-state index in [0.717, 1.165) is 12.1 Å². The summed E-state index contributed by atoms with van der Waals surface area (Å²) >= 11 is 5.89. The van der Waals surface area contributed by atoms with Crippen molar-refractivity contribution in [2.24, 2.45) is 5.73 Å². The Bertz CT molecular complexity index is 991. The Morgan fingerprint density at radius 1 is 1.34 bits per heavy atom. The molecule has 0 spiro atoms. The third-order valence-corrected chi connectivity index (χ3v) is 5.19. The van der Waals surface area contributed by atoms with Crippen molar-refractivity contribution in [2.45, 2.75) is 25.6 Å². The third kappa shape index (κ3) is 3.95. The lowest BCUT2D eigenvalue weighted by atomic mass is 9.93. The first-order valence-corrected chi connectivity index (χ1v) is 9.01. The van der Waals surface area contributed by atoms with Gasteiger partial charge in [-0.3, -0.25) is 20.2 Å². The molecular weight excluding hydrogens is 407 g/mol. The zero-order valence-electron chi connectivity index (χ0n) is 15.3. The van der Waals surface area contributed by atoms with Crippen molar-refractivity contribution in [3.05, 3.63) is 69.9 Å². The highest BCUT2D eigenvalue weighted by molar-refractivity contribution is 6.34. The number of rotatable bonds is 3. The summed E-state index contributed by atoms with van der Waals surface area (Å²) in [5.74, 6) is -0.651. The molecule has 2 heterocycles. The van der Waals surface area contributed by atoms with Crippen molar-refractivity contribution in [1.29, 1.82) is 5.41 Å². The van der Waals surface area contributed by atoms with E-state index in [4.69, 9.17) is 22.7 Å². The van der Waals surface area contributed by atoms with Crippen molar-refractivity contribution in [3.63, 3.8) is 0 Å². The quantitative estimate of drug-likeness (QED) is 0.736. The zero-order valence-corrected chi connectivity index (χ0v) is 16.1. The number of hydrogen-bond acceptors (Lipinski definition) is 5. The summed E-state index contributed by atoms with van der Waals surface area (Å²) < 4.78 is 39.3. The van der Waals surface area contributed by atoms with Gasteiger partial charge in [-0.1, -0.05) is 17.7 Å². The van der Waals surface area contributed by atoms with Crippen molar-refractivity contribution in [2.75, 3.05) is 6.54 Å². The molecule has 0 bridgehead atoms. The normalized spacial score (nSPS) is 17.4. The number of aromatic nitrogens is 2. The van der Waals surface area contributed by atoms with Gasteiger partial charge in [-0.2, -0.15) is 13.2 Å². The lowest BCUT2D eigenvalue weighted by Gasteiger charge is -2.36. The molecule has 0 saturated heterocycles. The molecule has 1 aromatic carbocycles. The molecule has 0 aliphatic carbocycles. The van der Waals surface area contributed by atoms with Crippen molar-refractivity contribution in [3.8, 4) is 0 Å². The Labute approximate surface area is 169 Å². The van der Waals surface area contributed by atoms with Crippen LogP contribution in [0.3, 0.4) is 0 Å². The van der Waals surface area contributed by atoms with Gasteiger partial charge < -0.3 is 10.6 Å². The number of nitrogens with one attached hydrogen (secondary N) is 1. The van der Waals surface area contributed by atoms with Gasteiger partial charge >= 0.3 is 6.18 Å². The number of nitrogens with zero attached hydrogens (tertiary/aromatic N) is 3. The Hall–Kier alpha value is -2.94. The number of carbonyl (C=O) groups is 1. The Kier molecular flexibility index (Phi) is 5.61. The van der Waals surface area contributed by atoms with E-state index in [1.54, 1.807) is 6.92 Å². The van der Waals surface area contributed by atoms with Gasteiger partial charge in [0, 0.05) is 30.2 Å². The molecule has 0 saturated carbocycles. The number of alkyl halides is 3. The van der Waals surface area contributed by atoms with Crippen molar-refractivity contribution >= 4 is 23.2 Å². The highest BCUT2D eigenvalue weighted by Crippen LogP contribution is 2.37. The van der Waals surface area contributed by atoms with Crippen molar-refractivity contribution < 1.29 is 18.0 Å². The molecule has 10 heteroatoms. The molecule has 2 aromatic rings. The van der Waals surface area contributed by atoms with Gasteiger partial charge in [-0.25, -0.2) is 0 Å². The first-order chi connectivity index (χ1) is 13.6. The van der Waals surface area contributed by atoms with Crippen LogP contribution in [0.15, 0.2) is 48.1 Å². The molecule has 6 nitrogen and oxygen atoms in total. The van der Waals surface area contributed by atoms with Gasteiger partial charge in [0.05, 0.1) is 34.1 Å². The maximum atomic E-state index is 13.1. The third-order valence-electron chi connectivity index (χ3n) is 4.79. The minimum absolute atomic E-state index is 0.103. The summed E-state index contributed by atoms with van der Waals surface area (Å²) in [6, 6.07) is 2.59. The van der Waals surface area contributed by atoms with Crippen LogP contribution >= 0.6 is 11.6 Å². The van der Waals surface area contributed by atoms with E-state index < -0.39 is 28.7 Å². The number of hydrogen-bond donors (Lipinski definition) is 2. The summed E-state index contributed by atoms with van der Waals surface area (Å²) in [5.41, 5.74) is 6.13.